The predicted molar refractivity (Wildman–Crippen MR) is 71.9 cm³/mol. The van der Waals surface area contributed by atoms with Crippen LogP contribution in [0.25, 0.3) is 0 Å². The molecule has 2 heteroatoms. The summed E-state index contributed by atoms with van der Waals surface area (Å²) < 4.78 is 6.15. The molecule has 2 N–H and O–H groups in total. The van der Waals surface area contributed by atoms with Gasteiger partial charge in [-0.15, -0.1) is 0 Å². The number of ether oxygens (including phenoxy) is 1. The zero-order valence-corrected chi connectivity index (χ0v) is 12.0. The Kier molecular flexibility index (Phi) is 3.57. The van der Waals surface area contributed by atoms with E-state index in [1.165, 1.54) is 32.1 Å². The van der Waals surface area contributed by atoms with Crippen molar-refractivity contribution in [2.45, 2.75) is 83.5 Å². The Bertz CT molecular complexity index is 266. The van der Waals surface area contributed by atoms with Crippen molar-refractivity contribution < 1.29 is 4.74 Å². The van der Waals surface area contributed by atoms with Gasteiger partial charge in [0.1, 0.15) is 0 Å². The van der Waals surface area contributed by atoms with Gasteiger partial charge in [0.2, 0.25) is 0 Å². The van der Waals surface area contributed by atoms with Gasteiger partial charge in [0, 0.05) is 12.0 Å². The molecule has 1 aliphatic heterocycles. The second kappa shape index (κ2) is 4.55. The van der Waals surface area contributed by atoms with Crippen molar-refractivity contribution in [3.63, 3.8) is 0 Å². The number of rotatable bonds is 3. The molecule has 0 aromatic rings. The van der Waals surface area contributed by atoms with Crippen LogP contribution in [0, 0.1) is 11.8 Å². The van der Waals surface area contributed by atoms with Gasteiger partial charge in [-0.3, -0.25) is 0 Å². The molecule has 0 aromatic heterocycles. The van der Waals surface area contributed by atoms with Crippen molar-refractivity contribution in [2.75, 3.05) is 0 Å². The van der Waals surface area contributed by atoms with Crippen molar-refractivity contribution >= 4 is 0 Å². The van der Waals surface area contributed by atoms with Crippen molar-refractivity contribution in [3.8, 4) is 0 Å². The SMILES string of the molecule is CC1(C)CC(C(N)CC2CCCC2)C(C)(C)O1. The van der Waals surface area contributed by atoms with E-state index in [9.17, 15) is 0 Å². The van der Waals surface area contributed by atoms with Gasteiger partial charge in [0.15, 0.2) is 0 Å². The highest BCUT2D eigenvalue weighted by atomic mass is 16.5. The van der Waals surface area contributed by atoms with E-state index in [0.717, 1.165) is 12.3 Å². The first-order valence-corrected chi connectivity index (χ1v) is 7.26. The molecule has 0 radical (unpaired) electrons. The smallest absolute Gasteiger partial charge is 0.0677 e. The Morgan fingerprint density at radius 2 is 1.76 bits per heavy atom. The van der Waals surface area contributed by atoms with Gasteiger partial charge >= 0.3 is 0 Å². The van der Waals surface area contributed by atoms with Crippen LogP contribution in [0.3, 0.4) is 0 Å². The standard InChI is InChI=1S/C15H29NO/c1-14(2)10-12(15(3,4)17-14)13(16)9-11-7-5-6-8-11/h11-13H,5-10,16H2,1-4H3. The molecule has 1 aliphatic carbocycles. The quantitative estimate of drug-likeness (QED) is 0.818. The molecule has 0 bridgehead atoms. The summed E-state index contributed by atoms with van der Waals surface area (Å²) in [6.07, 6.45) is 7.92. The lowest BCUT2D eigenvalue weighted by Gasteiger charge is -2.32. The molecule has 0 amide bonds. The summed E-state index contributed by atoms with van der Waals surface area (Å²) in [5, 5.41) is 0. The first-order chi connectivity index (χ1) is 7.80. The van der Waals surface area contributed by atoms with Gasteiger partial charge in [0.25, 0.3) is 0 Å². The minimum Gasteiger partial charge on any atom is -0.369 e. The maximum absolute atomic E-state index is 6.48. The molecule has 2 unspecified atom stereocenters. The van der Waals surface area contributed by atoms with Crippen LogP contribution in [0.5, 0.6) is 0 Å². The van der Waals surface area contributed by atoms with E-state index in [2.05, 4.69) is 27.7 Å². The molecular formula is C15H29NO. The number of hydrogen-bond acceptors (Lipinski definition) is 2. The molecule has 0 aromatic carbocycles. The third kappa shape index (κ3) is 3.03. The average molecular weight is 239 g/mol. The van der Waals surface area contributed by atoms with Crippen LogP contribution in [0.15, 0.2) is 0 Å². The van der Waals surface area contributed by atoms with Crippen LogP contribution in [0.2, 0.25) is 0 Å². The molecule has 17 heavy (non-hydrogen) atoms. The minimum absolute atomic E-state index is 0.00145. The summed E-state index contributed by atoms with van der Waals surface area (Å²) in [6.45, 7) is 8.80. The van der Waals surface area contributed by atoms with E-state index in [1.54, 1.807) is 0 Å². The van der Waals surface area contributed by atoms with E-state index in [1.807, 2.05) is 0 Å². The molecule has 2 rings (SSSR count). The Balaban J connectivity index is 1.96. The fourth-order valence-electron chi connectivity index (χ4n) is 4.07. The van der Waals surface area contributed by atoms with Crippen LogP contribution < -0.4 is 5.73 Å². The van der Waals surface area contributed by atoms with Crippen LogP contribution in [0.1, 0.15) is 66.2 Å². The Morgan fingerprint density at radius 1 is 1.18 bits per heavy atom. The summed E-state index contributed by atoms with van der Waals surface area (Å²) in [6, 6.07) is 0.315. The Morgan fingerprint density at radius 3 is 2.24 bits per heavy atom. The molecule has 1 saturated carbocycles. The second-order valence-corrected chi connectivity index (χ2v) is 7.33. The van der Waals surface area contributed by atoms with Crippen molar-refractivity contribution in [3.05, 3.63) is 0 Å². The highest BCUT2D eigenvalue weighted by Crippen LogP contribution is 2.44. The fourth-order valence-corrected chi connectivity index (χ4v) is 4.07. The maximum atomic E-state index is 6.48. The van der Waals surface area contributed by atoms with Crippen LogP contribution >= 0.6 is 0 Å². The Hall–Kier alpha value is -0.0800. The first-order valence-electron chi connectivity index (χ1n) is 7.26. The maximum Gasteiger partial charge on any atom is 0.0677 e. The molecule has 2 atom stereocenters. The van der Waals surface area contributed by atoms with Gasteiger partial charge in [0.05, 0.1) is 11.2 Å². The van der Waals surface area contributed by atoms with Gasteiger partial charge < -0.3 is 10.5 Å². The van der Waals surface area contributed by atoms with Crippen molar-refractivity contribution in [2.24, 2.45) is 17.6 Å². The summed E-state index contributed by atoms with van der Waals surface area (Å²) in [5.74, 6) is 1.39. The lowest BCUT2D eigenvalue weighted by molar-refractivity contribution is -0.0770. The van der Waals surface area contributed by atoms with E-state index in [4.69, 9.17) is 10.5 Å². The molecule has 2 nitrogen and oxygen atoms in total. The third-order valence-electron chi connectivity index (χ3n) is 4.74. The van der Waals surface area contributed by atoms with Crippen LogP contribution in [-0.4, -0.2) is 17.2 Å². The highest BCUT2D eigenvalue weighted by Gasteiger charge is 2.48. The number of nitrogens with two attached hydrogens (primary N) is 1. The lowest BCUT2D eigenvalue weighted by Crippen LogP contribution is -2.42. The van der Waals surface area contributed by atoms with E-state index in [-0.39, 0.29) is 11.2 Å². The summed E-state index contributed by atoms with van der Waals surface area (Å²) in [5.41, 5.74) is 6.42. The molecule has 1 saturated heterocycles. The second-order valence-electron chi connectivity index (χ2n) is 7.33. The third-order valence-corrected chi connectivity index (χ3v) is 4.74. The fraction of sp³-hybridized carbons (Fsp3) is 1.00. The minimum atomic E-state index is -0.0540. The summed E-state index contributed by atoms with van der Waals surface area (Å²) >= 11 is 0. The monoisotopic (exact) mass is 239 g/mol. The molecule has 0 spiro atoms. The summed E-state index contributed by atoms with van der Waals surface area (Å²) in [4.78, 5) is 0. The van der Waals surface area contributed by atoms with E-state index >= 15 is 0 Å². The topological polar surface area (TPSA) is 35.2 Å². The predicted octanol–water partition coefficient (Wildman–Crippen LogP) is 3.49. The largest absolute Gasteiger partial charge is 0.369 e. The highest BCUT2D eigenvalue weighted by molar-refractivity contribution is 4.99. The van der Waals surface area contributed by atoms with Crippen LogP contribution in [-0.2, 0) is 4.74 Å². The van der Waals surface area contributed by atoms with E-state index < -0.39 is 0 Å². The normalized spacial score (nSPS) is 34.1. The van der Waals surface area contributed by atoms with Gasteiger partial charge in [-0.2, -0.15) is 0 Å². The Labute approximate surface area is 106 Å². The lowest BCUT2D eigenvalue weighted by atomic mass is 9.78. The van der Waals surface area contributed by atoms with Crippen LogP contribution in [0.4, 0.5) is 0 Å². The van der Waals surface area contributed by atoms with Crippen molar-refractivity contribution in [1.29, 1.82) is 0 Å². The van der Waals surface area contributed by atoms with Gasteiger partial charge in [-0.05, 0) is 46.5 Å². The van der Waals surface area contributed by atoms with Gasteiger partial charge in [-0.25, -0.2) is 0 Å². The van der Waals surface area contributed by atoms with E-state index in [0.29, 0.717) is 12.0 Å². The zero-order chi connectivity index (χ0) is 12.7. The van der Waals surface area contributed by atoms with Crippen molar-refractivity contribution in [1.82, 2.24) is 0 Å². The zero-order valence-electron chi connectivity index (χ0n) is 12.0. The first kappa shape index (κ1) is 13.4. The average Bonchev–Trinajstić information content (AvgIpc) is 2.71. The molecule has 100 valence electrons. The molecule has 1 heterocycles. The summed E-state index contributed by atoms with van der Waals surface area (Å²) in [7, 11) is 0. The molecule has 2 fully saturated rings. The number of hydrogen-bond donors (Lipinski definition) is 1. The molecule has 2 aliphatic rings. The molecular weight excluding hydrogens is 210 g/mol. The van der Waals surface area contributed by atoms with Gasteiger partial charge in [-0.1, -0.05) is 25.7 Å².